The predicted octanol–water partition coefficient (Wildman–Crippen LogP) is 4.35. The predicted molar refractivity (Wildman–Crippen MR) is 74.2 cm³/mol. The van der Waals surface area contributed by atoms with Crippen LogP contribution < -0.4 is 4.90 Å². The van der Waals surface area contributed by atoms with Crippen molar-refractivity contribution in [2.24, 2.45) is 5.92 Å². The molecule has 0 aromatic heterocycles. The van der Waals surface area contributed by atoms with Gasteiger partial charge in [-0.05, 0) is 43.4 Å². The van der Waals surface area contributed by atoms with Crippen LogP contribution in [0.25, 0.3) is 0 Å². The number of benzene rings is 1. The molecule has 1 aliphatic rings. The van der Waals surface area contributed by atoms with Crippen molar-refractivity contribution in [2.75, 3.05) is 11.4 Å². The Morgan fingerprint density at radius 1 is 1.35 bits per heavy atom. The lowest BCUT2D eigenvalue weighted by Gasteiger charge is -2.38. The summed E-state index contributed by atoms with van der Waals surface area (Å²) in [5, 5.41) is 0.705. The maximum absolute atomic E-state index is 14.1. The Bertz CT molecular complexity index is 394. The monoisotopic (exact) mass is 299 g/mol. The Morgan fingerprint density at radius 3 is 2.76 bits per heavy atom. The summed E-state index contributed by atoms with van der Waals surface area (Å²) >= 11 is 3.35. The number of nitrogens with zero attached hydrogens (tertiary/aromatic N) is 1. The number of alkyl halides is 1. The molecule has 1 fully saturated rings. The van der Waals surface area contributed by atoms with Crippen LogP contribution in [0.2, 0.25) is 0 Å². The summed E-state index contributed by atoms with van der Waals surface area (Å²) in [6, 6.07) is 5.99. The Balaban J connectivity index is 2.26. The highest BCUT2D eigenvalue weighted by atomic mass is 79.9. The molecular formula is C14H19BrFN. The van der Waals surface area contributed by atoms with Crippen molar-refractivity contribution in [1.82, 2.24) is 0 Å². The van der Waals surface area contributed by atoms with Gasteiger partial charge in [-0.2, -0.15) is 0 Å². The third-order valence-corrected chi connectivity index (χ3v) is 4.24. The maximum atomic E-state index is 14.1. The first-order valence-electron chi connectivity index (χ1n) is 6.23. The molecule has 0 amide bonds. The Labute approximate surface area is 111 Å². The van der Waals surface area contributed by atoms with Gasteiger partial charge in [0.1, 0.15) is 5.82 Å². The molecule has 2 atom stereocenters. The van der Waals surface area contributed by atoms with Gasteiger partial charge in [-0.3, -0.25) is 0 Å². The molecule has 1 aliphatic heterocycles. The fraction of sp³-hybridized carbons (Fsp3) is 0.571. The summed E-state index contributed by atoms with van der Waals surface area (Å²) in [5.41, 5.74) is 1.75. The first-order chi connectivity index (χ1) is 8.11. The fourth-order valence-corrected chi connectivity index (χ4v) is 2.84. The molecule has 0 spiro atoms. The van der Waals surface area contributed by atoms with Crippen LogP contribution in [0, 0.1) is 11.7 Å². The molecule has 3 heteroatoms. The quantitative estimate of drug-likeness (QED) is 0.734. The van der Waals surface area contributed by atoms with Gasteiger partial charge in [-0.25, -0.2) is 4.39 Å². The van der Waals surface area contributed by atoms with Gasteiger partial charge in [0.15, 0.2) is 0 Å². The number of hydrogen-bond donors (Lipinski definition) is 0. The summed E-state index contributed by atoms with van der Waals surface area (Å²) < 4.78 is 14.1. The summed E-state index contributed by atoms with van der Waals surface area (Å²) in [6.45, 7) is 5.39. The molecule has 0 N–H and O–H groups in total. The van der Waals surface area contributed by atoms with E-state index in [4.69, 9.17) is 0 Å². The topological polar surface area (TPSA) is 3.24 Å². The standard InChI is InChI=1S/C14H19BrFN/c1-10-3-4-11(2)17(9-10)14-6-5-12(8-15)7-13(14)16/h5-7,10-11H,3-4,8-9H2,1-2H3. The number of rotatable bonds is 2. The van der Waals surface area contributed by atoms with Crippen molar-refractivity contribution in [2.45, 2.75) is 38.1 Å². The zero-order valence-corrected chi connectivity index (χ0v) is 12.0. The number of hydrogen-bond acceptors (Lipinski definition) is 1. The largest absolute Gasteiger partial charge is 0.366 e. The van der Waals surface area contributed by atoms with Gasteiger partial charge in [-0.1, -0.05) is 28.9 Å². The molecule has 94 valence electrons. The molecule has 1 aromatic carbocycles. The average molecular weight is 300 g/mol. The first kappa shape index (κ1) is 12.9. The first-order valence-corrected chi connectivity index (χ1v) is 7.35. The second-order valence-electron chi connectivity index (χ2n) is 5.10. The van der Waals surface area contributed by atoms with Crippen molar-refractivity contribution in [3.05, 3.63) is 29.6 Å². The van der Waals surface area contributed by atoms with E-state index in [1.807, 2.05) is 12.1 Å². The van der Waals surface area contributed by atoms with E-state index in [-0.39, 0.29) is 5.82 Å². The molecule has 2 unspecified atom stereocenters. The van der Waals surface area contributed by atoms with Crippen LogP contribution in [0.1, 0.15) is 32.3 Å². The third-order valence-electron chi connectivity index (χ3n) is 3.59. The maximum Gasteiger partial charge on any atom is 0.146 e. The van der Waals surface area contributed by atoms with Crippen LogP contribution in [0.4, 0.5) is 10.1 Å². The lowest BCUT2D eigenvalue weighted by atomic mass is 9.94. The van der Waals surface area contributed by atoms with E-state index < -0.39 is 0 Å². The fourth-order valence-electron chi connectivity index (χ4n) is 2.49. The lowest BCUT2D eigenvalue weighted by Crippen LogP contribution is -2.41. The van der Waals surface area contributed by atoms with Gasteiger partial charge < -0.3 is 4.90 Å². The van der Waals surface area contributed by atoms with Gasteiger partial charge in [0.25, 0.3) is 0 Å². The van der Waals surface area contributed by atoms with Crippen LogP contribution >= 0.6 is 15.9 Å². The van der Waals surface area contributed by atoms with E-state index in [1.165, 1.54) is 6.42 Å². The molecule has 0 aliphatic carbocycles. The molecule has 17 heavy (non-hydrogen) atoms. The summed E-state index contributed by atoms with van der Waals surface area (Å²) in [6.07, 6.45) is 2.40. The minimum Gasteiger partial charge on any atom is -0.366 e. The molecule has 1 aromatic rings. The highest BCUT2D eigenvalue weighted by Crippen LogP contribution is 2.30. The second kappa shape index (κ2) is 5.38. The van der Waals surface area contributed by atoms with E-state index >= 15 is 0 Å². The van der Waals surface area contributed by atoms with E-state index in [2.05, 4.69) is 34.7 Å². The third kappa shape index (κ3) is 2.82. The van der Waals surface area contributed by atoms with Gasteiger partial charge >= 0.3 is 0 Å². The van der Waals surface area contributed by atoms with E-state index in [0.717, 1.165) is 24.2 Å². The number of anilines is 1. The van der Waals surface area contributed by atoms with E-state index in [0.29, 0.717) is 17.3 Å². The van der Waals surface area contributed by atoms with Crippen molar-refractivity contribution in [3.8, 4) is 0 Å². The molecule has 1 nitrogen and oxygen atoms in total. The van der Waals surface area contributed by atoms with Crippen LogP contribution in [0.15, 0.2) is 18.2 Å². The molecule has 1 saturated heterocycles. The SMILES string of the molecule is CC1CCC(C)N(c2ccc(CBr)cc2F)C1. The average Bonchev–Trinajstić information content (AvgIpc) is 2.32. The summed E-state index contributed by atoms with van der Waals surface area (Å²) in [5.74, 6) is 0.560. The molecular weight excluding hydrogens is 281 g/mol. The van der Waals surface area contributed by atoms with Crippen molar-refractivity contribution in [3.63, 3.8) is 0 Å². The van der Waals surface area contributed by atoms with Gasteiger partial charge in [0.2, 0.25) is 0 Å². The normalized spacial score (nSPS) is 25.1. The lowest BCUT2D eigenvalue weighted by molar-refractivity contribution is 0.386. The van der Waals surface area contributed by atoms with Crippen molar-refractivity contribution < 1.29 is 4.39 Å². The molecule has 2 rings (SSSR count). The Hall–Kier alpha value is -0.570. The van der Waals surface area contributed by atoms with Crippen LogP contribution in [-0.4, -0.2) is 12.6 Å². The Kier molecular flexibility index (Phi) is 4.08. The number of halogens is 2. The van der Waals surface area contributed by atoms with Crippen LogP contribution in [0.5, 0.6) is 0 Å². The zero-order chi connectivity index (χ0) is 12.4. The second-order valence-corrected chi connectivity index (χ2v) is 5.66. The highest BCUT2D eigenvalue weighted by molar-refractivity contribution is 9.08. The smallest absolute Gasteiger partial charge is 0.146 e. The van der Waals surface area contributed by atoms with Gasteiger partial charge in [0, 0.05) is 17.9 Å². The summed E-state index contributed by atoms with van der Waals surface area (Å²) in [4.78, 5) is 2.21. The summed E-state index contributed by atoms with van der Waals surface area (Å²) in [7, 11) is 0. The van der Waals surface area contributed by atoms with E-state index in [9.17, 15) is 4.39 Å². The minimum atomic E-state index is -0.0945. The zero-order valence-electron chi connectivity index (χ0n) is 10.4. The van der Waals surface area contributed by atoms with Crippen molar-refractivity contribution >= 4 is 21.6 Å². The molecule has 0 saturated carbocycles. The van der Waals surface area contributed by atoms with Gasteiger partial charge in [0.05, 0.1) is 5.69 Å². The molecule has 0 bridgehead atoms. The van der Waals surface area contributed by atoms with Crippen LogP contribution in [-0.2, 0) is 5.33 Å². The highest BCUT2D eigenvalue weighted by Gasteiger charge is 2.24. The number of piperidine rings is 1. The van der Waals surface area contributed by atoms with E-state index in [1.54, 1.807) is 6.07 Å². The molecule has 0 radical (unpaired) electrons. The Morgan fingerprint density at radius 2 is 2.12 bits per heavy atom. The van der Waals surface area contributed by atoms with Gasteiger partial charge in [-0.15, -0.1) is 0 Å². The van der Waals surface area contributed by atoms with Crippen LogP contribution in [0.3, 0.4) is 0 Å². The molecule has 1 heterocycles. The minimum absolute atomic E-state index is 0.0945. The van der Waals surface area contributed by atoms with Crippen molar-refractivity contribution in [1.29, 1.82) is 0 Å².